The fraction of sp³-hybridized carbons (Fsp3) is 0.118. The van der Waals surface area contributed by atoms with Crippen LogP contribution in [0.2, 0.25) is 0 Å². The first-order chi connectivity index (χ1) is 19.7. The zero-order valence-electron chi connectivity index (χ0n) is 22.8. The Morgan fingerprint density at radius 2 is 1.29 bits per heavy atom. The average Bonchev–Trinajstić information content (AvgIpc) is 2.96. The third kappa shape index (κ3) is 10.3. The second-order valence-electron chi connectivity index (χ2n) is 8.81. The Morgan fingerprint density at radius 3 is 1.83 bits per heavy atom. The normalized spacial score (nSPS) is 10.4. The van der Waals surface area contributed by atoms with Crippen molar-refractivity contribution in [2.75, 3.05) is 0 Å². The molecule has 0 aliphatic carbocycles. The van der Waals surface area contributed by atoms with Crippen LogP contribution in [0.5, 0.6) is 11.5 Å². The third-order valence-corrected chi connectivity index (χ3v) is 5.03. The molecule has 0 aromatic heterocycles. The molecule has 206 valence electrons. The maximum atomic E-state index is 14.7. The van der Waals surface area contributed by atoms with Crippen LogP contribution in [0, 0.1) is 35.4 Å². The van der Waals surface area contributed by atoms with Gasteiger partial charge in [-0.3, -0.25) is 4.79 Å². The van der Waals surface area contributed by atoms with Gasteiger partial charge in [-0.1, -0.05) is 56.2 Å². The summed E-state index contributed by atoms with van der Waals surface area (Å²) in [4.78, 5) is 22.8. The molecule has 0 aliphatic rings. The van der Waals surface area contributed by atoms with Crippen LogP contribution < -0.4 is 9.47 Å². The third-order valence-electron chi connectivity index (χ3n) is 5.03. The van der Waals surface area contributed by atoms with Crippen molar-refractivity contribution in [3.63, 3.8) is 0 Å². The summed E-state index contributed by atoms with van der Waals surface area (Å²) in [5, 5.41) is 0. The van der Waals surface area contributed by atoms with Gasteiger partial charge in [0.1, 0.15) is 42.4 Å². The molecule has 3 aromatic carbocycles. The second kappa shape index (κ2) is 15.2. The summed E-state index contributed by atoms with van der Waals surface area (Å²) in [6.45, 7) is 8.50. The van der Waals surface area contributed by atoms with Crippen molar-refractivity contribution in [3.05, 3.63) is 132 Å². The van der Waals surface area contributed by atoms with Gasteiger partial charge in [0.25, 0.3) is 0 Å². The Bertz CT molecular complexity index is 1610. The minimum Gasteiger partial charge on any atom is -0.462 e. The van der Waals surface area contributed by atoms with E-state index in [2.05, 4.69) is 30.3 Å². The quantitative estimate of drug-likeness (QED) is 0.136. The summed E-state index contributed by atoms with van der Waals surface area (Å²) in [7, 11) is 0. The van der Waals surface area contributed by atoms with Gasteiger partial charge in [-0.2, -0.15) is 0 Å². The molecule has 41 heavy (non-hydrogen) atoms. The van der Waals surface area contributed by atoms with Gasteiger partial charge in [0, 0.05) is 22.3 Å². The number of halogens is 1. The lowest BCUT2D eigenvalue weighted by Gasteiger charge is -2.02. The van der Waals surface area contributed by atoms with Crippen LogP contribution in [0.1, 0.15) is 43.0 Å². The number of benzene rings is 3. The van der Waals surface area contributed by atoms with Crippen molar-refractivity contribution >= 4 is 11.9 Å². The first-order valence-corrected chi connectivity index (χ1v) is 12.5. The molecule has 0 saturated carbocycles. The second-order valence-corrected chi connectivity index (χ2v) is 8.81. The van der Waals surface area contributed by atoms with Crippen molar-refractivity contribution in [1.82, 2.24) is 0 Å². The molecule has 0 atom stereocenters. The van der Waals surface area contributed by atoms with Gasteiger partial charge in [0.05, 0.1) is 11.5 Å². The molecule has 0 saturated heterocycles. The van der Waals surface area contributed by atoms with Gasteiger partial charge < -0.3 is 18.9 Å². The van der Waals surface area contributed by atoms with Gasteiger partial charge >= 0.3 is 11.9 Å². The monoisotopic (exact) mass is 550 g/mol. The smallest absolute Gasteiger partial charge is 0.338 e. The summed E-state index contributed by atoms with van der Waals surface area (Å²) in [5.74, 6) is 10.9. The van der Waals surface area contributed by atoms with Crippen LogP contribution in [-0.4, -0.2) is 11.9 Å². The number of ether oxygens (including phenoxy) is 4. The Hall–Kier alpha value is -5.53. The van der Waals surface area contributed by atoms with E-state index in [1.165, 1.54) is 24.9 Å². The summed E-state index contributed by atoms with van der Waals surface area (Å²) in [5.41, 5.74) is 2.24. The molecule has 0 spiro atoms. The molecule has 0 aliphatic heterocycles. The highest BCUT2D eigenvalue weighted by Crippen LogP contribution is 2.15. The fourth-order valence-electron chi connectivity index (χ4n) is 2.91. The minimum atomic E-state index is -0.551. The molecular weight excluding hydrogens is 523 g/mol. The zero-order valence-corrected chi connectivity index (χ0v) is 22.8. The van der Waals surface area contributed by atoms with Crippen LogP contribution in [0.4, 0.5) is 4.39 Å². The van der Waals surface area contributed by atoms with E-state index in [-0.39, 0.29) is 23.0 Å². The predicted octanol–water partition coefficient (Wildman–Crippen LogP) is 6.64. The molecule has 6 nitrogen and oxygen atoms in total. The molecule has 3 aromatic rings. The van der Waals surface area contributed by atoms with E-state index in [0.29, 0.717) is 28.2 Å². The van der Waals surface area contributed by atoms with Crippen LogP contribution in [0.15, 0.2) is 104 Å². The van der Waals surface area contributed by atoms with Crippen molar-refractivity contribution in [2.24, 2.45) is 5.92 Å². The first-order valence-electron chi connectivity index (χ1n) is 12.5. The van der Waals surface area contributed by atoms with Crippen molar-refractivity contribution < 1.29 is 32.9 Å². The highest BCUT2D eigenvalue weighted by atomic mass is 19.1. The molecule has 7 heteroatoms. The number of hydrogen-bond acceptors (Lipinski definition) is 6. The van der Waals surface area contributed by atoms with Gasteiger partial charge in [0.15, 0.2) is 0 Å². The molecule has 0 radical (unpaired) electrons. The van der Waals surface area contributed by atoms with E-state index >= 15 is 0 Å². The summed E-state index contributed by atoms with van der Waals surface area (Å²) in [6.07, 6.45) is 4.79. The fourth-order valence-corrected chi connectivity index (χ4v) is 2.91. The van der Waals surface area contributed by atoms with E-state index in [1.54, 1.807) is 81.4 Å². The maximum Gasteiger partial charge on any atom is 0.338 e. The lowest BCUT2D eigenvalue weighted by atomic mass is 10.1. The first kappa shape index (κ1) is 30.0. The van der Waals surface area contributed by atoms with Gasteiger partial charge in [-0.05, 0) is 61.5 Å². The zero-order chi connectivity index (χ0) is 29.6. The molecule has 0 fully saturated rings. The van der Waals surface area contributed by atoms with Gasteiger partial charge in [-0.15, -0.1) is 0 Å². The molecule has 0 bridgehead atoms. The standard InChI is InChI=1S/C34H27FO6/c1-24(2)33(36)40-19-17-38-30-9-5-7-26(21-30)11-12-28-14-16-29(32(35)23-28)15-13-27-8-6-10-31(22-27)39-18-20-41-34(37)25(3)4/h5-10,14,16-23,25H,1H2,2-4H3/b19-17-,20-18-. The number of hydrogen-bond donors (Lipinski definition) is 0. The van der Waals surface area contributed by atoms with Crippen LogP contribution in [0.25, 0.3) is 0 Å². The average molecular weight is 551 g/mol. The van der Waals surface area contributed by atoms with Crippen LogP contribution in [-0.2, 0) is 19.1 Å². The number of carbonyl (C=O) groups is 2. The molecule has 3 rings (SSSR count). The van der Waals surface area contributed by atoms with E-state index < -0.39 is 11.8 Å². The minimum absolute atomic E-state index is 0.219. The van der Waals surface area contributed by atoms with Crippen LogP contribution >= 0.6 is 0 Å². The maximum absolute atomic E-state index is 14.7. The number of rotatable bonds is 8. The SMILES string of the molecule is C=C(C)C(=O)O/C=C\Oc1cccc(C#Cc2ccc(C#Cc3cccc(O/C=C\OC(=O)C(C)C)c3)c(F)c2)c1. The van der Waals surface area contributed by atoms with Crippen molar-refractivity contribution in [3.8, 4) is 35.2 Å². The Kier molecular flexibility index (Phi) is 11.1. The lowest BCUT2D eigenvalue weighted by molar-refractivity contribution is -0.141. The van der Waals surface area contributed by atoms with E-state index in [1.807, 2.05) is 0 Å². The summed E-state index contributed by atoms with van der Waals surface area (Å²) >= 11 is 0. The highest BCUT2D eigenvalue weighted by Gasteiger charge is 2.06. The summed E-state index contributed by atoms with van der Waals surface area (Å²) in [6, 6.07) is 18.4. The molecular formula is C34H27FO6. The molecule has 0 unspecified atom stereocenters. The number of carbonyl (C=O) groups excluding carboxylic acids is 2. The van der Waals surface area contributed by atoms with E-state index in [0.717, 1.165) is 6.26 Å². The lowest BCUT2D eigenvalue weighted by Crippen LogP contribution is -2.07. The highest BCUT2D eigenvalue weighted by molar-refractivity contribution is 5.87. The predicted molar refractivity (Wildman–Crippen MR) is 153 cm³/mol. The van der Waals surface area contributed by atoms with E-state index in [4.69, 9.17) is 18.9 Å². The largest absolute Gasteiger partial charge is 0.462 e. The van der Waals surface area contributed by atoms with E-state index in [9.17, 15) is 14.0 Å². The van der Waals surface area contributed by atoms with Crippen molar-refractivity contribution in [1.29, 1.82) is 0 Å². The summed E-state index contributed by atoms with van der Waals surface area (Å²) < 4.78 is 35.3. The Labute approximate surface area is 238 Å². The topological polar surface area (TPSA) is 71.1 Å². The molecule has 0 heterocycles. The Morgan fingerprint density at radius 1 is 0.756 bits per heavy atom. The Balaban J connectivity index is 1.62. The number of esters is 2. The van der Waals surface area contributed by atoms with Crippen LogP contribution in [0.3, 0.4) is 0 Å². The van der Waals surface area contributed by atoms with Gasteiger partial charge in [0.2, 0.25) is 0 Å². The van der Waals surface area contributed by atoms with Gasteiger partial charge in [-0.25, -0.2) is 9.18 Å². The molecule has 0 N–H and O–H groups in total. The van der Waals surface area contributed by atoms with Crippen molar-refractivity contribution in [2.45, 2.75) is 20.8 Å². The molecule has 0 amide bonds.